The third-order valence-electron chi connectivity index (χ3n) is 2.98. The minimum absolute atomic E-state index is 0.0587. The third-order valence-corrected chi connectivity index (χ3v) is 4.47. The first-order chi connectivity index (χ1) is 7.99. The molecule has 1 aliphatic carbocycles. The fourth-order valence-corrected chi connectivity index (χ4v) is 3.39. The summed E-state index contributed by atoms with van der Waals surface area (Å²) in [6, 6.07) is 4.55. The Morgan fingerprint density at radius 1 is 1.35 bits per heavy atom. The van der Waals surface area contributed by atoms with Gasteiger partial charge in [0.15, 0.2) is 0 Å². The van der Waals surface area contributed by atoms with Gasteiger partial charge in [-0.15, -0.1) is 0 Å². The van der Waals surface area contributed by atoms with Crippen molar-refractivity contribution in [3.63, 3.8) is 0 Å². The van der Waals surface area contributed by atoms with Gasteiger partial charge in [0.2, 0.25) is 10.0 Å². The number of benzene rings is 1. The highest BCUT2D eigenvalue weighted by Crippen LogP contribution is 2.20. The molecule has 2 unspecified atom stereocenters. The predicted molar refractivity (Wildman–Crippen MR) is 62.3 cm³/mol. The van der Waals surface area contributed by atoms with E-state index in [9.17, 15) is 12.8 Å². The quantitative estimate of drug-likeness (QED) is 0.849. The van der Waals surface area contributed by atoms with Crippen molar-refractivity contribution in [2.45, 2.75) is 36.2 Å². The van der Waals surface area contributed by atoms with Crippen LogP contribution in [0, 0.1) is 5.82 Å². The maximum Gasteiger partial charge on any atom is 0.240 e. The lowest BCUT2D eigenvalue weighted by molar-refractivity contribution is 0.521. The van der Waals surface area contributed by atoms with E-state index in [-0.39, 0.29) is 17.0 Å². The molecular weight excluding hydrogens is 243 g/mol. The molecule has 3 N–H and O–H groups in total. The molecule has 1 saturated carbocycles. The first kappa shape index (κ1) is 12.5. The van der Waals surface area contributed by atoms with Gasteiger partial charge in [0.25, 0.3) is 0 Å². The van der Waals surface area contributed by atoms with Crippen LogP contribution >= 0.6 is 0 Å². The Bertz CT molecular complexity index is 504. The molecular formula is C11H15FN2O2S. The van der Waals surface area contributed by atoms with Gasteiger partial charge in [0, 0.05) is 12.1 Å². The Morgan fingerprint density at radius 2 is 2.12 bits per heavy atom. The van der Waals surface area contributed by atoms with Crippen molar-refractivity contribution < 1.29 is 12.8 Å². The van der Waals surface area contributed by atoms with Crippen molar-refractivity contribution in [1.29, 1.82) is 0 Å². The van der Waals surface area contributed by atoms with Gasteiger partial charge in [-0.1, -0.05) is 12.5 Å². The number of sulfonamides is 1. The van der Waals surface area contributed by atoms with Crippen LogP contribution in [0.1, 0.15) is 19.3 Å². The molecule has 0 saturated heterocycles. The summed E-state index contributed by atoms with van der Waals surface area (Å²) >= 11 is 0. The van der Waals surface area contributed by atoms with E-state index in [2.05, 4.69) is 4.72 Å². The minimum Gasteiger partial charge on any atom is -0.326 e. The number of halogens is 1. The number of hydrogen-bond donors (Lipinski definition) is 2. The molecule has 0 bridgehead atoms. The van der Waals surface area contributed by atoms with Crippen LogP contribution in [0.3, 0.4) is 0 Å². The Kier molecular flexibility index (Phi) is 3.46. The number of nitrogens with one attached hydrogen (secondary N) is 1. The Hall–Kier alpha value is -0.980. The van der Waals surface area contributed by atoms with Crippen LogP contribution in [-0.2, 0) is 10.0 Å². The van der Waals surface area contributed by atoms with E-state index >= 15 is 0 Å². The first-order valence-electron chi connectivity index (χ1n) is 5.52. The summed E-state index contributed by atoms with van der Waals surface area (Å²) in [6.07, 6.45) is 2.46. The monoisotopic (exact) mass is 258 g/mol. The lowest BCUT2D eigenvalue weighted by Crippen LogP contribution is -2.43. The van der Waals surface area contributed by atoms with Crippen LogP contribution in [0.25, 0.3) is 0 Å². The SMILES string of the molecule is NC1CCCC1NS(=O)(=O)c1cccc(F)c1. The normalized spacial score (nSPS) is 25.1. The molecule has 0 radical (unpaired) electrons. The second kappa shape index (κ2) is 4.72. The van der Waals surface area contributed by atoms with Gasteiger partial charge < -0.3 is 5.73 Å². The van der Waals surface area contributed by atoms with Crippen molar-refractivity contribution in [3.05, 3.63) is 30.1 Å². The average molecular weight is 258 g/mol. The van der Waals surface area contributed by atoms with Crippen molar-refractivity contribution >= 4 is 10.0 Å². The molecule has 17 heavy (non-hydrogen) atoms. The van der Waals surface area contributed by atoms with Crippen molar-refractivity contribution in [2.75, 3.05) is 0 Å². The van der Waals surface area contributed by atoms with E-state index < -0.39 is 15.8 Å². The van der Waals surface area contributed by atoms with Crippen LogP contribution in [0.5, 0.6) is 0 Å². The first-order valence-corrected chi connectivity index (χ1v) is 7.01. The highest BCUT2D eigenvalue weighted by atomic mass is 32.2. The number of rotatable bonds is 3. The van der Waals surface area contributed by atoms with Gasteiger partial charge in [-0.2, -0.15) is 0 Å². The molecule has 1 aromatic carbocycles. The minimum atomic E-state index is -3.67. The molecule has 6 heteroatoms. The zero-order valence-electron chi connectivity index (χ0n) is 9.27. The van der Waals surface area contributed by atoms with Gasteiger partial charge >= 0.3 is 0 Å². The van der Waals surface area contributed by atoms with Gasteiger partial charge in [-0.3, -0.25) is 0 Å². The molecule has 0 spiro atoms. The summed E-state index contributed by atoms with van der Waals surface area (Å²) in [4.78, 5) is -0.0587. The Balaban J connectivity index is 2.19. The molecule has 0 aromatic heterocycles. The average Bonchev–Trinajstić information content (AvgIpc) is 2.64. The molecule has 1 aliphatic rings. The van der Waals surface area contributed by atoms with E-state index in [1.54, 1.807) is 0 Å². The molecule has 4 nitrogen and oxygen atoms in total. The summed E-state index contributed by atoms with van der Waals surface area (Å²) in [5, 5.41) is 0. The summed E-state index contributed by atoms with van der Waals surface area (Å²) in [5.74, 6) is -0.566. The van der Waals surface area contributed by atoms with Crippen LogP contribution in [-0.4, -0.2) is 20.5 Å². The number of hydrogen-bond acceptors (Lipinski definition) is 3. The predicted octanol–water partition coefficient (Wildman–Crippen LogP) is 0.984. The van der Waals surface area contributed by atoms with Crippen molar-refractivity contribution in [3.8, 4) is 0 Å². The molecule has 94 valence electrons. The van der Waals surface area contributed by atoms with Crippen LogP contribution in [0.2, 0.25) is 0 Å². The second-order valence-corrected chi connectivity index (χ2v) is 5.99. The summed E-state index contributed by atoms with van der Waals surface area (Å²) < 4.78 is 39.4. The van der Waals surface area contributed by atoms with Gasteiger partial charge in [0.1, 0.15) is 5.82 Å². The third kappa shape index (κ3) is 2.83. The molecule has 2 atom stereocenters. The highest BCUT2D eigenvalue weighted by Gasteiger charge is 2.28. The van der Waals surface area contributed by atoms with Crippen molar-refractivity contribution in [2.24, 2.45) is 5.73 Å². The second-order valence-electron chi connectivity index (χ2n) is 4.28. The fraction of sp³-hybridized carbons (Fsp3) is 0.455. The molecule has 2 rings (SSSR count). The lowest BCUT2D eigenvalue weighted by Gasteiger charge is -2.17. The molecule has 1 fully saturated rings. The molecule has 1 aromatic rings. The van der Waals surface area contributed by atoms with Crippen LogP contribution < -0.4 is 10.5 Å². The van der Waals surface area contributed by atoms with Crippen LogP contribution in [0.4, 0.5) is 4.39 Å². The largest absolute Gasteiger partial charge is 0.326 e. The van der Waals surface area contributed by atoms with E-state index in [1.165, 1.54) is 18.2 Å². The van der Waals surface area contributed by atoms with E-state index in [0.717, 1.165) is 25.3 Å². The lowest BCUT2D eigenvalue weighted by atomic mass is 10.2. The van der Waals surface area contributed by atoms with E-state index in [1.807, 2.05) is 0 Å². The topological polar surface area (TPSA) is 72.2 Å². The van der Waals surface area contributed by atoms with Gasteiger partial charge in [-0.05, 0) is 31.0 Å². The van der Waals surface area contributed by atoms with Gasteiger partial charge in [0.05, 0.1) is 4.90 Å². The smallest absolute Gasteiger partial charge is 0.240 e. The van der Waals surface area contributed by atoms with E-state index in [4.69, 9.17) is 5.73 Å². The zero-order valence-corrected chi connectivity index (χ0v) is 10.1. The highest BCUT2D eigenvalue weighted by molar-refractivity contribution is 7.89. The Morgan fingerprint density at radius 3 is 2.71 bits per heavy atom. The number of nitrogens with two attached hydrogens (primary N) is 1. The summed E-state index contributed by atoms with van der Waals surface area (Å²) in [5.41, 5.74) is 5.79. The maximum absolute atomic E-state index is 13.0. The zero-order chi connectivity index (χ0) is 12.5. The summed E-state index contributed by atoms with van der Waals surface area (Å²) in [6.45, 7) is 0. The Labute approximate surface area is 100 Å². The molecule has 0 amide bonds. The maximum atomic E-state index is 13.0. The standard InChI is InChI=1S/C11H15FN2O2S/c12-8-3-1-4-9(7-8)17(15,16)14-11-6-2-5-10(11)13/h1,3-4,7,10-11,14H,2,5-6,13H2. The van der Waals surface area contributed by atoms with Crippen LogP contribution in [0.15, 0.2) is 29.2 Å². The fourth-order valence-electron chi connectivity index (χ4n) is 2.04. The van der Waals surface area contributed by atoms with Gasteiger partial charge in [-0.25, -0.2) is 17.5 Å². The van der Waals surface area contributed by atoms with Crippen molar-refractivity contribution in [1.82, 2.24) is 4.72 Å². The van der Waals surface area contributed by atoms with E-state index in [0.29, 0.717) is 0 Å². The molecule has 0 heterocycles. The summed E-state index contributed by atoms with van der Waals surface area (Å²) in [7, 11) is -3.67. The molecule has 0 aliphatic heterocycles.